The number of rotatable bonds is 7. The van der Waals surface area contributed by atoms with Crippen LogP contribution in [0.15, 0.2) is 24.5 Å². The fourth-order valence-corrected chi connectivity index (χ4v) is 2.23. The SMILES string of the molecule is COc1ccc(CCNc2cncc(C)n2)c(OC)c1OC. The summed E-state index contributed by atoms with van der Waals surface area (Å²) in [7, 11) is 4.83. The van der Waals surface area contributed by atoms with Gasteiger partial charge in [0.25, 0.3) is 0 Å². The molecule has 0 saturated carbocycles. The summed E-state index contributed by atoms with van der Waals surface area (Å²) < 4.78 is 16.1. The predicted octanol–water partition coefficient (Wildman–Crippen LogP) is 2.47. The first kappa shape index (κ1) is 15.9. The highest BCUT2D eigenvalue weighted by molar-refractivity contribution is 5.56. The van der Waals surface area contributed by atoms with Crippen molar-refractivity contribution in [3.05, 3.63) is 35.8 Å². The molecule has 22 heavy (non-hydrogen) atoms. The van der Waals surface area contributed by atoms with Crippen LogP contribution in [0.1, 0.15) is 11.3 Å². The van der Waals surface area contributed by atoms with E-state index in [2.05, 4.69) is 15.3 Å². The summed E-state index contributed by atoms with van der Waals surface area (Å²) >= 11 is 0. The number of anilines is 1. The number of methoxy groups -OCH3 is 3. The Balaban J connectivity index is 2.09. The summed E-state index contributed by atoms with van der Waals surface area (Å²) in [5.41, 5.74) is 1.92. The van der Waals surface area contributed by atoms with Crippen molar-refractivity contribution in [2.45, 2.75) is 13.3 Å². The summed E-state index contributed by atoms with van der Waals surface area (Å²) in [5.74, 6) is 2.72. The second kappa shape index (κ2) is 7.49. The Hall–Kier alpha value is -2.50. The molecule has 0 atom stereocenters. The molecule has 0 bridgehead atoms. The van der Waals surface area contributed by atoms with Crippen LogP contribution in [-0.2, 0) is 6.42 Å². The largest absolute Gasteiger partial charge is 0.493 e. The van der Waals surface area contributed by atoms with Crippen molar-refractivity contribution in [3.8, 4) is 17.2 Å². The van der Waals surface area contributed by atoms with Crippen molar-refractivity contribution in [2.24, 2.45) is 0 Å². The first-order valence-electron chi connectivity index (χ1n) is 7.00. The van der Waals surface area contributed by atoms with Crippen molar-refractivity contribution in [1.29, 1.82) is 0 Å². The maximum absolute atomic E-state index is 5.47. The molecule has 0 aliphatic heterocycles. The van der Waals surface area contributed by atoms with Gasteiger partial charge >= 0.3 is 0 Å². The maximum atomic E-state index is 5.47. The van der Waals surface area contributed by atoms with Gasteiger partial charge < -0.3 is 19.5 Å². The van der Waals surface area contributed by atoms with Gasteiger partial charge in [0.2, 0.25) is 5.75 Å². The van der Waals surface area contributed by atoms with Crippen LogP contribution in [0, 0.1) is 6.92 Å². The van der Waals surface area contributed by atoms with E-state index in [0.29, 0.717) is 23.8 Å². The van der Waals surface area contributed by atoms with E-state index in [1.54, 1.807) is 33.7 Å². The van der Waals surface area contributed by atoms with Crippen LogP contribution in [0.5, 0.6) is 17.2 Å². The number of hydrogen-bond donors (Lipinski definition) is 1. The molecule has 118 valence electrons. The quantitative estimate of drug-likeness (QED) is 0.847. The summed E-state index contributed by atoms with van der Waals surface area (Å²) in [6.45, 7) is 2.62. The van der Waals surface area contributed by atoms with E-state index in [1.807, 2.05) is 19.1 Å². The van der Waals surface area contributed by atoms with Gasteiger partial charge in [-0.05, 0) is 19.4 Å². The molecule has 0 aliphatic carbocycles. The fourth-order valence-electron chi connectivity index (χ4n) is 2.23. The van der Waals surface area contributed by atoms with E-state index in [0.717, 1.165) is 23.5 Å². The third-order valence-electron chi connectivity index (χ3n) is 3.24. The van der Waals surface area contributed by atoms with E-state index < -0.39 is 0 Å². The number of nitrogens with one attached hydrogen (secondary N) is 1. The predicted molar refractivity (Wildman–Crippen MR) is 85.1 cm³/mol. The molecule has 2 aromatic rings. The minimum absolute atomic E-state index is 0.609. The molecule has 1 aromatic carbocycles. The molecule has 0 amide bonds. The summed E-state index contributed by atoms with van der Waals surface area (Å²) in [6, 6.07) is 3.85. The Morgan fingerprint density at radius 1 is 1.00 bits per heavy atom. The molecule has 0 saturated heterocycles. The number of hydrogen-bond acceptors (Lipinski definition) is 6. The van der Waals surface area contributed by atoms with Crippen LogP contribution in [0.2, 0.25) is 0 Å². The molecule has 0 spiro atoms. The van der Waals surface area contributed by atoms with Crippen molar-refractivity contribution < 1.29 is 14.2 Å². The van der Waals surface area contributed by atoms with Crippen LogP contribution >= 0.6 is 0 Å². The number of ether oxygens (including phenoxy) is 3. The monoisotopic (exact) mass is 303 g/mol. The van der Waals surface area contributed by atoms with E-state index >= 15 is 0 Å². The van der Waals surface area contributed by atoms with E-state index in [9.17, 15) is 0 Å². The zero-order chi connectivity index (χ0) is 15.9. The lowest BCUT2D eigenvalue weighted by atomic mass is 10.1. The van der Waals surface area contributed by atoms with Gasteiger partial charge in [-0.3, -0.25) is 4.98 Å². The molecule has 0 aliphatic rings. The van der Waals surface area contributed by atoms with Crippen molar-refractivity contribution >= 4 is 5.82 Å². The van der Waals surface area contributed by atoms with Crippen molar-refractivity contribution in [2.75, 3.05) is 33.2 Å². The van der Waals surface area contributed by atoms with Gasteiger partial charge in [-0.1, -0.05) is 6.07 Å². The minimum Gasteiger partial charge on any atom is -0.493 e. The first-order valence-corrected chi connectivity index (χ1v) is 7.00. The molecular weight excluding hydrogens is 282 g/mol. The Morgan fingerprint density at radius 2 is 1.77 bits per heavy atom. The smallest absolute Gasteiger partial charge is 0.203 e. The fraction of sp³-hybridized carbons (Fsp3) is 0.375. The second-order valence-corrected chi connectivity index (χ2v) is 4.72. The molecule has 6 nitrogen and oxygen atoms in total. The van der Waals surface area contributed by atoms with Gasteiger partial charge in [0.15, 0.2) is 11.5 Å². The van der Waals surface area contributed by atoms with Gasteiger partial charge in [0.05, 0.1) is 33.2 Å². The van der Waals surface area contributed by atoms with Crippen LogP contribution in [0.4, 0.5) is 5.82 Å². The summed E-state index contributed by atoms with van der Waals surface area (Å²) in [6.07, 6.45) is 4.19. The van der Waals surface area contributed by atoms with E-state index in [-0.39, 0.29) is 0 Å². The Morgan fingerprint density at radius 3 is 2.41 bits per heavy atom. The third kappa shape index (κ3) is 3.58. The van der Waals surface area contributed by atoms with Gasteiger partial charge in [0.1, 0.15) is 5.82 Å². The normalized spacial score (nSPS) is 10.2. The Labute approximate surface area is 130 Å². The molecule has 2 rings (SSSR count). The lowest BCUT2D eigenvalue weighted by Crippen LogP contribution is -2.08. The molecule has 0 unspecified atom stereocenters. The van der Waals surface area contributed by atoms with Gasteiger partial charge in [-0.15, -0.1) is 0 Å². The summed E-state index contributed by atoms with van der Waals surface area (Å²) in [4.78, 5) is 8.47. The van der Waals surface area contributed by atoms with Crippen molar-refractivity contribution in [1.82, 2.24) is 9.97 Å². The van der Waals surface area contributed by atoms with Crippen LogP contribution < -0.4 is 19.5 Å². The van der Waals surface area contributed by atoms with Crippen LogP contribution in [-0.4, -0.2) is 37.8 Å². The van der Waals surface area contributed by atoms with E-state index in [4.69, 9.17) is 14.2 Å². The molecule has 1 heterocycles. The van der Waals surface area contributed by atoms with Crippen LogP contribution in [0.3, 0.4) is 0 Å². The van der Waals surface area contributed by atoms with E-state index in [1.165, 1.54) is 0 Å². The number of benzene rings is 1. The van der Waals surface area contributed by atoms with Gasteiger partial charge in [-0.25, -0.2) is 4.98 Å². The zero-order valence-electron chi connectivity index (χ0n) is 13.3. The first-order chi connectivity index (χ1) is 10.7. The average molecular weight is 303 g/mol. The lowest BCUT2D eigenvalue weighted by molar-refractivity contribution is 0.322. The van der Waals surface area contributed by atoms with Crippen molar-refractivity contribution in [3.63, 3.8) is 0 Å². The molecule has 1 aromatic heterocycles. The average Bonchev–Trinajstić information content (AvgIpc) is 2.54. The zero-order valence-corrected chi connectivity index (χ0v) is 13.3. The number of aryl methyl sites for hydroxylation is 1. The summed E-state index contributed by atoms with van der Waals surface area (Å²) in [5, 5.41) is 3.25. The molecule has 0 radical (unpaired) electrons. The third-order valence-corrected chi connectivity index (χ3v) is 3.24. The van der Waals surface area contributed by atoms with Crippen LogP contribution in [0.25, 0.3) is 0 Å². The number of nitrogens with zero attached hydrogens (tertiary/aromatic N) is 2. The second-order valence-electron chi connectivity index (χ2n) is 4.72. The highest BCUT2D eigenvalue weighted by atomic mass is 16.5. The maximum Gasteiger partial charge on any atom is 0.203 e. The number of aromatic nitrogens is 2. The topological polar surface area (TPSA) is 65.5 Å². The van der Waals surface area contributed by atoms with Gasteiger partial charge in [-0.2, -0.15) is 0 Å². The lowest BCUT2D eigenvalue weighted by Gasteiger charge is -2.16. The molecule has 0 fully saturated rings. The highest BCUT2D eigenvalue weighted by Crippen LogP contribution is 2.39. The highest BCUT2D eigenvalue weighted by Gasteiger charge is 2.15. The Kier molecular flexibility index (Phi) is 5.41. The standard InChI is InChI=1S/C16H21N3O3/c1-11-9-17-10-14(19-11)18-8-7-12-5-6-13(20-2)16(22-4)15(12)21-3/h5-6,9-10H,7-8H2,1-4H3,(H,18,19). The molecular formula is C16H21N3O3. The Bertz CT molecular complexity index is 632. The minimum atomic E-state index is 0.609. The molecule has 6 heteroatoms. The van der Waals surface area contributed by atoms with Gasteiger partial charge in [0, 0.05) is 18.3 Å². The molecule has 1 N–H and O–H groups in total.